The number of benzene rings is 2. The van der Waals surface area contributed by atoms with Crippen molar-refractivity contribution in [2.24, 2.45) is 5.73 Å². The Hall–Kier alpha value is -2.17. The zero-order valence-corrected chi connectivity index (χ0v) is 10.3. The maximum atomic E-state index is 11.7. The van der Waals surface area contributed by atoms with E-state index < -0.39 is 11.9 Å². The van der Waals surface area contributed by atoms with Gasteiger partial charge < -0.3 is 5.73 Å². The smallest absolute Gasteiger partial charge is 0.267 e. The van der Waals surface area contributed by atoms with Crippen LogP contribution < -0.4 is 10.8 Å². The molecule has 0 spiro atoms. The minimum atomic E-state index is -0.667. The fraction of sp³-hybridized carbons (Fsp3) is 0.133. The van der Waals surface area contributed by atoms with E-state index in [4.69, 9.17) is 5.73 Å². The van der Waals surface area contributed by atoms with Crippen LogP contribution in [0.3, 0.4) is 0 Å². The summed E-state index contributed by atoms with van der Waals surface area (Å²) >= 11 is 0. The number of rotatable bonds is 1. The third-order valence-corrected chi connectivity index (χ3v) is 3.39. The second kappa shape index (κ2) is 4.50. The predicted octanol–water partition coefficient (Wildman–Crippen LogP) is 1.96. The third kappa shape index (κ3) is 2.01. The van der Waals surface area contributed by atoms with Crippen molar-refractivity contribution in [2.45, 2.75) is 12.5 Å². The van der Waals surface area contributed by atoms with Crippen molar-refractivity contribution in [3.63, 3.8) is 0 Å². The number of amides is 1. The molecular weight excluding hydrogens is 240 g/mol. The van der Waals surface area contributed by atoms with Crippen molar-refractivity contribution in [1.29, 1.82) is 0 Å². The van der Waals surface area contributed by atoms with E-state index in [9.17, 15) is 10.0 Å². The van der Waals surface area contributed by atoms with Crippen LogP contribution in [0.25, 0.3) is 11.1 Å². The third-order valence-electron chi connectivity index (χ3n) is 3.39. The highest BCUT2D eigenvalue weighted by Crippen LogP contribution is 2.31. The van der Waals surface area contributed by atoms with E-state index in [1.807, 2.05) is 48.5 Å². The number of hydrogen-bond donors (Lipinski definition) is 2. The Morgan fingerprint density at radius 3 is 2.58 bits per heavy atom. The first kappa shape index (κ1) is 11.9. The molecule has 1 aliphatic heterocycles. The lowest BCUT2D eigenvalue weighted by atomic mass is 9.95. The highest BCUT2D eigenvalue weighted by atomic mass is 16.5. The highest BCUT2D eigenvalue weighted by molar-refractivity contribution is 5.98. The minimum Gasteiger partial charge on any atom is -0.320 e. The van der Waals surface area contributed by atoms with Crippen LogP contribution in [0.15, 0.2) is 48.5 Å². The molecule has 2 aromatic carbocycles. The fourth-order valence-corrected chi connectivity index (χ4v) is 2.34. The molecule has 1 unspecified atom stereocenters. The first-order chi connectivity index (χ1) is 9.16. The monoisotopic (exact) mass is 254 g/mol. The van der Waals surface area contributed by atoms with Gasteiger partial charge in [-0.05, 0) is 29.2 Å². The lowest BCUT2D eigenvalue weighted by Gasteiger charge is -2.28. The molecular formula is C15H14N2O2. The number of anilines is 1. The number of nitrogens with zero attached hydrogens (tertiary/aromatic N) is 1. The van der Waals surface area contributed by atoms with Crippen LogP contribution in [0.1, 0.15) is 5.56 Å². The molecule has 1 amide bonds. The zero-order valence-electron chi connectivity index (χ0n) is 10.3. The van der Waals surface area contributed by atoms with Crippen molar-refractivity contribution < 1.29 is 10.0 Å². The summed E-state index contributed by atoms with van der Waals surface area (Å²) < 4.78 is 0. The van der Waals surface area contributed by atoms with Crippen molar-refractivity contribution in [3.05, 3.63) is 54.1 Å². The molecule has 0 aromatic heterocycles. The maximum Gasteiger partial charge on any atom is 0.267 e. The van der Waals surface area contributed by atoms with E-state index in [-0.39, 0.29) is 0 Å². The zero-order chi connectivity index (χ0) is 13.4. The Bertz CT molecular complexity index is 625. The number of carbonyl (C=O) groups excluding carboxylic acids is 1. The molecule has 1 atom stereocenters. The maximum absolute atomic E-state index is 11.7. The van der Waals surface area contributed by atoms with Crippen LogP contribution in [-0.2, 0) is 11.2 Å². The molecule has 2 aromatic rings. The largest absolute Gasteiger partial charge is 0.320 e. The predicted molar refractivity (Wildman–Crippen MR) is 72.8 cm³/mol. The topological polar surface area (TPSA) is 66.6 Å². The summed E-state index contributed by atoms with van der Waals surface area (Å²) in [6, 6.07) is 14.9. The summed E-state index contributed by atoms with van der Waals surface area (Å²) in [5.74, 6) is -0.460. The molecule has 0 bridgehead atoms. The van der Waals surface area contributed by atoms with Gasteiger partial charge in [-0.1, -0.05) is 42.5 Å². The van der Waals surface area contributed by atoms with Crippen molar-refractivity contribution in [2.75, 3.05) is 5.06 Å². The van der Waals surface area contributed by atoms with Crippen LogP contribution in [0.4, 0.5) is 5.69 Å². The second-order valence-electron chi connectivity index (χ2n) is 4.67. The molecule has 1 heterocycles. The molecule has 19 heavy (non-hydrogen) atoms. The number of carbonyl (C=O) groups is 1. The fourth-order valence-electron chi connectivity index (χ4n) is 2.34. The van der Waals surface area contributed by atoms with Crippen LogP contribution in [0, 0.1) is 0 Å². The summed E-state index contributed by atoms with van der Waals surface area (Å²) in [6.07, 6.45) is 0.459. The Morgan fingerprint density at radius 1 is 1.11 bits per heavy atom. The lowest BCUT2D eigenvalue weighted by molar-refractivity contribution is -0.125. The molecule has 0 saturated carbocycles. The molecule has 0 aliphatic carbocycles. The summed E-state index contributed by atoms with van der Waals surface area (Å²) in [5.41, 5.74) is 9.09. The SMILES string of the molecule is NC1Cc2ccc(-c3ccccc3)cc2N(O)C1=O. The second-order valence-corrected chi connectivity index (χ2v) is 4.67. The van der Waals surface area contributed by atoms with Gasteiger partial charge in [0.15, 0.2) is 0 Å². The summed E-state index contributed by atoms with van der Waals surface area (Å²) in [5, 5.41) is 10.5. The summed E-state index contributed by atoms with van der Waals surface area (Å²) in [6.45, 7) is 0. The van der Waals surface area contributed by atoms with Crippen LogP contribution in [-0.4, -0.2) is 17.2 Å². The molecule has 0 radical (unpaired) electrons. The Morgan fingerprint density at radius 2 is 1.84 bits per heavy atom. The van der Waals surface area contributed by atoms with Gasteiger partial charge in [-0.25, -0.2) is 0 Å². The van der Waals surface area contributed by atoms with E-state index in [1.54, 1.807) is 0 Å². The van der Waals surface area contributed by atoms with Gasteiger partial charge in [0.05, 0.1) is 11.7 Å². The molecule has 3 rings (SSSR count). The van der Waals surface area contributed by atoms with Crippen molar-refractivity contribution in [3.8, 4) is 11.1 Å². The Balaban J connectivity index is 2.07. The standard InChI is InChI=1S/C15H14N2O2/c16-13-8-12-7-6-11(10-4-2-1-3-5-10)9-14(12)17(19)15(13)18/h1-7,9,13,19H,8,16H2. The van der Waals surface area contributed by atoms with Gasteiger partial charge >= 0.3 is 0 Å². The van der Waals surface area contributed by atoms with Gasteiger partial charge in [-0.15, -0.1) is 0 Å². The van der Waals surface area contributed by atoms with Gasteiger partial charge in [0.1, 0.15) is 0 Å². The van der Waals surface area contributed by atoms with E-state index in [1.165, 1.54) is 0 Å². The number of hydroxylamine groups is 1. The molecule has 1 aliphatic rings. The first-order valence-electron chi connectivity index (χ1n) is 6.13. The minimum absolute atomic E-state index is 0.459. The molecule has 0 fully saturated rings. The Labute approximate surface area is 111 Å². The van der Waals surface area contributed by atoms with Gasteiger partial charge in [0.25, 0.3) is 5.91 Å². The lowest BCUT2D eigenvalue weighted by Crippen LogP contribution is -2.47. The van der Waals surface area contributed by atoms with Crippen molar-refractivity contribution >= 4 is 11.6 Å². The molecule has 4 nitrogen and oxygen atoms in total. The quantitative estimate of drug-likeness (QED) is 0.764. The highest BCUT2D eigenvalue weighted by Gasteiger charge is 2.29. The van der Waals surface area contributed by atoms with E-state index in [2.05, 4.69) is 0 Å². The molecule has 0 saturated heterocycles. The number of nitrogens with two attached hydrogens (primary N) is 1. The number of fused-ring (bicyclic) bond motifs is 1. The summed E-state index contributed by atoms with van der Waals surface area (Å²) in [7, 11) is 0. The van der Waals surface area contributed by atoms with E-state index in [0.29, 0.717) is 17.2 Å². The molecule has 4 heteroatoms. The van der Waals surface area contributed by atoms with Gasteiger partial charge in [-0.2, -0.15) is 5.06 Å². The van der Waals surface area contributed by atoms with Crippen LogP contribution in [0.5, 0.6) is 0 Å². The van der Waals surface area contributed by atoms with Crippen LogP contribution in [0.2, 0.25) is 0 Å². The van der Waals surface area contributed by atoms with Crippen molar-refractivity contribution in [1.82, 2.24) is 0 Å². The van der Waals surface area contributed by atoms with Gasteiger partial charge in [0.2, 0.25) is 0 Å². The van der Waals surface area contributed by atoms with Crippen LogP contribution >= 0.6 is 0 Å². The van der Waals surface area contributed by atoms with Gasteiger partial charge in [-0.3, -0.25) is 10.0 Å². The molecule has 96 valence electrons. The van der Waals surface area contributed by atoms with E-state index in [0.717, 1.165) is 16.7 Å². The number of hydrogen-bond acceptors (Lipinski definition) is 3. The summed E-state index contributed by atoms with van der Waals surface area (Å²) in [4.78, 5) is 11.7. The normalized spacial score (nSPS) is 18.3. The first-order valence-corrected chi connectivity index (χ1v) is 6.13. The van der Waals surface area contributed by atoms with E-state index >= 15 is 0 Å². The average molecular weight is 254 g/mol. The Kier molecular flexibility index (Phi) is 2.81. The van der Waals surface area contributed by atoms with Gasteiger partial charge in [0, 0.05) is 0 Å². The average Bonchev–Trinajstić information content (AvgIpc) is 2.46. The molecule has 3 N–H and O–H groups in total.